The second-order valence-electron chi connectivity index (χ2n) is 8.45. The third kappa shape index (κ3) is 3.60. The Kier molecular flexibility index (Phi) is 5.58. The van der Waals surface area contributed by atoms with Gasteiger partial charge in [-0.05, 0) is 21.5 Å². The first-order chi connectivity index (χ1) is 14.3. The Balaban J connectivity index is 1.85. The van der Waals surface area contributed by atoms with Crippen LogP contribution in [0.1, 0.15) is 26.3 Å². The highest BCUT2D eigenvalue weighted by Crippen LogP contribution is 2.38. The molecule has 0 aliphatic carbocycles. The van der Waals surface area contributed by atoms with Gasteiger partial charge in [-0.1, -0.05) is 99.1 Å². The summed E-state index contributed by atoms with van der Waals surface area (Å²) < 4.78 is 26.1. The summed E-state index contributed by atoms with van der Waals surface area (Å²) >= 11 is 6.24. The molecule has 4 rings (SSSR count). The average Bonchev–Trinajstić information content (AvgIpc) is 3.13. The number of benzene rings is 3. The van der Waals surface area contributed by atoms with Crippen molar-refractivity contribution >= 4 is 41.3 Å². The third-order valence-electron chi connectivity index (χ3n) is 5.54. The van der Waals surface area contributed by atoms with Gasteiger partial charge in [0.2, 0.25) is 0 Å². The number of halogens is 2. The molecule has 0 atom stereocenters. The van der Waals surface area contributed by atoms with E-state index in [1.54, 1.807) is 6.07 Å². The highest BCUT2D eigenvalue weighted by Gasteiger charge is 2.50. The maximum Gasteiger partial charge on any atom is 0.278 e. The van der Waals surface area contributed by atoms with Crippen molar-refractivity contribution in [1.82, 2.24) is 0 Å². The number of hydrogen-bond donors (Lipinski definition) is 0. The van der Waals surface area contributed by atoms with Gasteiger partial charge >= 0.3 is 0 Å². The highest BCUT2D eigenvalue weighted by molar-refractivity contribution is 6.99. The lowest BCUT2D eigenvalue weighted by Gasteiger charge is -2.43. The van der Waals surface area contributed by atoms with Crippen LogP contribution in [0, 0.1) is 6.01 Å². The normalized spacial score (nSPS) is 12.4. The van der Waals surface area contributed by atoms with Crippen molar-refractivity contribution < 1.29 is 13.2 Å². The SMILES string of the molecule is CC(C)(C)[Si](OCc1ccc(Cl)c2cc(F)oc12)(c1ccccc1)c1ccccc1. The zero-order chi connectivity index (χ0) is 21.4. The van der Waals surface area contributed by atoms with Crippen molar-refractivity contribution in [3.8, 4) is 0 Å². The first-order valence-corrected chi connectivity index (χ1v) is 12.2. The molecular formula is C25H24ClFO2Si. The van der Waals surface area contributed by atoms with Gasteiger partial charge in [0.15, 0.2) is 0 Å². The van der Waals surface area contributed by atoms with Crippen LogP contribution < -0.4 is 10.4 Å². The van der Waals surface area contributed by atoms with E-state index in [0.29, 0.717) is 22.6 Å². The third-order valence-corrected chi connectivity index (χ3v) is 10.9. The van der Waals surface area contributed by atoms with Gasteiger partial charge in [-0.25, -0.2) is 0 Å². The summed E-state index contributed by atoms with van der Waals surface area (Å²) in [6.07, 6.45) is 0. The van der Waals surface area contributed by atoms with E-state index in [1.165, 1.54) is 16.4 Å². The van der Waals surface area contributed by atoms with Crippen LogP contribution in [0.2, 0.25) is 10.1 Å². The minimum absolute atomic E-state index is 0.143. The van der Waals surface area contributed by atoms with Crippen molar-refractivity contribution in [2.75, 3.05) is 0 Å². The molecule has 1 heterocycles. The van der Waals surface area contributed by atoms with Crippen molar-refractivity contribution in [2.45, 2.75) is 32.4 Å². The molecule has 1 aromatic heterocycles. The van der Waals surface area contributed by atoms with Gasteiger partial charge in [0, 0.05) is 17.0 Å². The summed E-state index contributed by atoms with van der Waals surface area (Å²) in [5.41, 5.74) is 1.23. The lowest BCUT2D eigenvalue weighted by atomic mass is 10.2. The van der Waals surface area contributed by atoms with Crippen LogP contribution in [0.5, 0.6) is 0 Å². The van der Waals surface area contributed by atoms with E-state index >= 15 is 0 Å². The van der Waals surface area contributed by atoms with Crippen molar-refractivity contribution in [3.05, 3.63) is 95.5 Å². The molecule has 2 nitrogen and oxygen atoms in total. The minimum Gasteiger partial charge on any atom is -0.431 e. The summed E-state index contributed by atoms with van der Waals surface area (Å²) in [4.78, 5) is 0. The van der Waals surface area contributed by atoms with Gasteiger partial charge in [0.25, 0.3) is 14.3 Å². The van der Waals surface area contributed by atoms with Crippen molar-refractivity contribution in [3.63, 3.8) is 0 Å². The fourth-order valence-corrected chi connectivity index (χ4v) is 8.91. The van der Waals surface area contributed by atoms with E-state index in [2.05, 4.69) is 69.3 Å². The Bertz CT molecular complexity index is 1110. The van der Waals surface area contributed by atoms with Crippen LogP contribution in [0.25, 0.3) is 11.0 Å². The zero-order valence-electron chi connectivity index (χ0n) is 17.3. The molecule has 5 heteroatoms. The molecular weight excluding hydrogens is 415 g/mol. The molecule has 3 aromatic carbocycles. The van der Waals surface area contributed by atoms with Crippen LogP contribution in [0.3, 0.4) is 0 Å². The predicted molar refractivity (Wildman–Crippen MR) is 124 cm³/mol. The molecule has 30 heavy (non-hydrogen) atoms. The lowest BCUT2D eigenvalue weighted by molar-refractivity contribution is 0.284. The minimum atomic E-state index is -2.69. The molecule has 0 spiro atoms. The quantitative estimate of drug-likeness (QED) is 0.341. The van der Waals surface area contributed by atoms with Gasteiger partial charge in [-0.15, -0.1) is 0 Å². The van der Waals surface area contributed by atoms with E-state index in [-0.39, 0.29) is 5.04 Å². The molecule has 0 amide bonds. The standard InChI is InChI=1S/C25H24ClFO2Si/c1-25(2,3)30(19-10-6-4-7-11-19,20-12-8-5-9-13-20)28-17-18-14-15-22(26)21-16-23(27)29-24(18)21/h4-16H,17H2,1-3H3. The number of fused-ring (bicyclic) bond motifs is 1. The molecule has 0 aliphatic heterocycles. The number of rotatable bonds is 5. The van der Waals surface area contributed by atoms with E-state index in [4.69, 9.17) is 20.4 Å². The molecule has 0 aliphatic rings. The first kappa shape index (κ1) is 20.9. The summed E-state index contributed by atoms with van der Waals surface area (Å²) in [5.74, 6) is 0. The van der Waals surface area contributed by atoms with E-state index < -0.39 is 14.3 Å². The van der Waals surface area contributed by atoms with Crippen LogP contribution in [-0.2, 0) is 11.0 Å². The van der Waals surface area contributed by atoms with Gasteiger partial charge in [0.05, 0.1) is 11.6 Å². The molecule has 0 N–H and O–H groups in total. The molecule has 0 unspecified atom stereocenters. The topological polar surface area (TPSA) is 22.4 Å². The summed E-state index contributed by atoms with van der Waals surface area (Å²) in [6, 6.07) is 25.1. The Morgan fingerprint density at radius 3 is 2.00 bits per heavy atom. The van der Waals surface area contributed by atoms with Gasteiger partial charge in [-0.2, -0.15) is 4.39 Å². The molecule has 154 valence electrons. The Morgan fingerprint density at radius 1 is 0.900 bits per heavy atom. The number of furan rings is 1. The van der Waals surface area contributed by atoms with E-state index in [0.717, 1.165) is 5.56 Å². The number of hydrogen-bond acceptors (Lipinski definition) is 2. The van der Waals surface area contributed by atoms with Crippen LogP contribution >= 0.6 is 11.6 Å². The van der Waals surface area contributed by atoms with E-state index in [9.17, 15) is 4.39 Å². The maximum atomic E-state index is 13.8. The summed E-state index contributed by atoms with van der Waals surface area (Å²) in [5, 5.41) is 3.28. The largest absolute Gasteiger partial charge is 0.431 e. The monoisotopic (exact) mass is 438 g/mol. The first-order valence-electron chi connectivity index (χ1n) is 9.94. The summed E-state index contributed by atoms with van der Waals surface area (Å²) in [7, 11) is -2.69. The van der Waals surface area contributed by atoms with Gasteiger partial charge in [0.1, 0.15) is 5.58 Å². The molecule has 0 radical (unpaired) electrons. The van der Waals surface area contributed by atoms with Gasteiger partial charge < -0.3 is 8.84 Å². The average molecular weight is 439 g/mol. The Hall–Kier alpha value is -2.40. The Morgan fingerprint density at radius 2 is 1.47 bits per heavy atom. The Labute approximate surface area is 182 Å². The highest BCUT2D eigenvalue weighted by atomic mass is 35.5. The maximum absolute atomic E-state index is 13.8. The zero-order valence-corrected chi connectivity index (χ0v) is 19.0. The fourth-order valence-electron chi connectivity index (χ4n) is 4.18. The van der Waals surface area contributed by atoms with Crippen molar-refractivity contribution in [1.29, 1.82) is 0 Å². The predicted octanol–water partition coefficient (Wildman–Crippen LogP) is 6.30. The van der Waals surface area contributed by atoms with Crippen LogP contribution in [0.4, 0.5) is 4.39 Å². The summed E-state index contributed by atoms with van der Waals surface area (Å²) in [6.45, 7) is 6.98. The second-order valence-corrected chi connectivity index (χ2v) is 13.2. The second kappa shape index (κ2) is 8.03. The van der Waals surface area contributed by atoms with Crippen LogP contribution in [0.15, 0.2) is 83.3 Å². The van der Waals surface area contributed by atoms with Crippen LogP contribution in [-0.4, -0.2) is 8.32 Å². The molecule has 0 saturated heterocycles. The molecule has 0 saturated carbocycles. The lowest BCUT2D eigenvalue weighted by Crippen LogP contribution is -2.66. The van der Waals surface area contributed by atoms with E-state index in [1.807, 2.05) is 18.2 Å². The molecule has 0 fully saturated rings. The van der Waals surface area contributed by atoms with Crippen molar-refractivity contribution in [2.24, 2.45) is 0 Å². The smallest absolute Gasteiger partial charge is 0.278 e. The van der Waals surface area contributed by atoms with Gasteiger partial charge in [-0.3, -0.25) is 0 Å². The molecule has 4 aromatic rings. The molecule has 0 bridgehead atoms. The fraction of sp³-hybridized carbons (Fsp3) is 0.200.